The topological polar surface area (TPSA) is 49.4 Å². The Morgan fingerprint density at radius 3 is 2.48 bits per heavy atom. The third-order valence-corrected chi connectivity index (χ3v) is 7.12. The van der Waals surface area contributed by atoms with Crippen molar-refractivity contribution in [3.05, 3.63) is 54.1 Å². The van der Waals surface area contributed by atoms with Crippen molar-refractivity contribution in [3.63, 3.8) is 0 Å². The normalized spacial score (nSPS) is 22.5. The Kier molecular flexibility index (Phi) is 5.09. The van der Waals surface area contributed by atoms with E-state index in [0.717, 1.165) is 25.9 Å². The monoisotopic (exact) mass is 378 g/mol. The van der Waals surface area contributed by atoms with Crippen LogP contribution in [-0.2, 0) is 9.84 Å². The third kappa shape index (κ3) is 3.05. The van der Waals surface area contributed by atoms with Gasteiger partial charge in [-0.05, 0) is 61.8 Å². The summed E-state index contributed by atoms with van der Waals surface area (Å²) >= 11 is 0. The van der Waals surface area contributed by atoms with E-state index in [4.69, 9.17) is 0 Å². The molecule has 134 valence electrons. The van der Waals surface area contributed by atoms with Crippen molar-refractivity contribution >= 4 is 27.9 Å². The van der Waals surface area contributed by atoms with E-state index >= 15 is 0 Å². The number of hydrogen-bond acceptors (Lipinski definition) is 4. The van der Waals surface area contributed by atoms with E-state index in [1.807, 2.05) is 18.2 Å². The van der Waals surface area contributed by atoms with Crippen LogP contribution in [0.15, 0.2) is 58.3 Å². The maximum absolute atomic E-state index is 12.9. The molecule has 2 atom stereocenters. The summed E-state index contributed by atoms with van der Waals surface area (Å²) in [5.74, 6) is 0.408. The van der Waals surface area contributed by atoms with E-state index in [1.165, 1.54) is 11.3 Å². The van der Waals surface area contributed by atoms with Crippen LogP contribution in [0, 0.1) is 0 Å². The fraction of sp³-hybridized carbons (Fsp3) is 0.368. The van der Waals surface area contributed by atoms with Gasteiger partial charge in [-0.1, -0.05) is 18.2 Å². The van der Waals surface area contributed by atoms with Crippen molar-refractivity contribution < 1.29 is 8.42 Å². The summed E-state index contributed by atoms with van der Waals surface area (Å²) < 4.78 is 25.8. The van der Waals surface area contributed by atoms with Gasteiger partial charge in [0.2, 0.25) is 9.84 Å². The number of sulfone groups is 1. The average molecular weight is 379 g/mol. The first-order chi connectivity index (χ1) is 11.6. The molecule has 0 aliphatic carbocycles. The van der Waals surface area contributed by atoms with Gasteiger partial charge >= 0.3 is 0 Å². The van der Waals surface area contributed by atoms with E-state index in [2.05, 4.69) is 17.3 Å². The first kappa shape index (κ1) is 18.2. The van der Waals surface area contributed by atoms with Crippen molar-refractivity contribution in [1.82, 2.24) is 5.32 Å². The van der Waals surface area contributed by atoms with Crippen molar-refractivity contribution in [1.29, 1.82) is 0 Å². The van der Waals surface area contributed by atoms with Gasteiger partial charge in [0.1, 0.15) is 0 Å². The highest BCUT2D eigenvalue weighted by Gasteiger charge is 2.37. The van der Waals surface area contributed by atoms with Gasteiger partial charge in [-0.2, -0.15) is 0 Å². The van der Waals surface area contributed by atoms with Gasteiger partial charge in [0.25, 0.3) is 0 Å². The molecule has 0 unspecified atom stereocenters. The minimum atomic E-state index is -3.46. The Morgan fingerprint density at radius 2 is 1.72 bits per heavy atom. The van der Waals surface area contributed by atoms with Crippen LogP contribution in [-0.4, -0.2) is 34.6 Å². The lowest BCUT2D eigenvalue weighted by atomic mass is 9.91. The molecule has 0 aromatic heterocycles. The molecule has 2 aromatic rings. The van der Waals surface area contributed by atoms with Gasteiger partial charge in [-0.15, -0.1) is 12.4 Å². The molecule has 1 N–H and O–H groups in total. The molecule has 0 radical (unpaired) electrons. The summed E-state index contributed by atoms with van der Waals surface area (Å²) in [6.45, 7) is 2.01. The molecule has 2 aliphatic rings. The van der Waals surface area contributed by atoms with Crippen molar-refractivity contribution in [3.8, 4) is 0 Å². The number of rotatable bonds is 2. The quantitative estimate of drug-likeness (QED) is 0.871. The number of anilines is 1. The predicted octanol–water partition coefficient (Wildman–Crippen LogP) is 3.23. The van der Waals surface area contributed by atoms with Gasteiger partial charge in [0.05, 0.1) is 9.79 Å². The molecule has 2 heterocycles. The molecule has 2 aliphatic heterocycles. The summed E-state index contributed by atoms with van der Waals surface area (Å²) in [5.41, 5.74) is 2.36. The summed E-state index contributed by atoms with van der Waals surface area (Å²) in [7, 11) is -1.33. The number of fused-ring (bicyclic) bond motifs is 3. The summed E-state index contributed by atoms with van der Waals surface area (Å²) in [6, 6.07) is 14.8. The number of likely N-dealkylation sites (N-methyl/N-ethyl adjacent to an activating group) is 1. The van der Waals surface area contributed by atoms with E-state index in [-0.39, 0.29) is 12.4 Å². The van der Waals surface area contributed by atoms with Gasteiger partial charge in [0.15, 0.2) is 0 Å². The molecule has 1 saturated heterocycles. The summed E-state index contributed by atoms with van der Waals surface area (Å²) in [5, 5.41) is 3.45. The molecule has 25 heavy (non-hydrogen) atoms. The molecule has 0 saturated carbocycles. The summed E-state index contributed by atoms with van der Waals surface area (Å²) in [6.07, 6.45) is 2.15. The SMILES string of the molecule is CN1c2ccc(S(=O)(=O)c3ccccc3)cc2[C@H]2CCNCC[C@H]21.Cl. The second-order valence-electron chi connectivity index (χ2n) is 6.65. The number of benzene rings is 2. The van der Waals surface area contributed by atoms with E-state index in [1.54, 1.807) is 30.3 Å². The van der Waals surface area contributed by atoms with Gasteiger partial charge in [0, 0.05) is 24.7 Å². The van der Waals surface area contributed by atoms with Gasteiger partial charge < -0.3 is 10.2 Å². The average Bonchev–Trinajstić information content (AvgIpc) is 2.78. The molecule has 0 amide bonds. The van der Waals surface area contributed by atoms with Crippen molar-refractivity contribution in [2.75, 3.05) is 25.0 Å². The van der Waals surface area contributed by atoms with E-state index < -0.39 is 9.84 Å². The lowest BCUT2D eigenvalue weighted by Crippen LogP contribution is -2.30. The first-order valence-corrected chi connectivity index (χ1v) is 9.95. The third-order valence-electron chi connectivity index (χ3n) is 5.35. The zero-order valence-corrected chi connectivity index (χ0v) is 15.8. The Balaban J connectivity index is 0.00000182. The fourth-order valence-electron chi connectivity index (χ4n) is 4.08. The van der Waals surface area contributed by atoms with Crippen LogP contribution >= 0.6 is 12.4 Å². The van der Waals surface area contributed by atoms with Crippen LogP contribution in [0.3, 0.4) is 0 Å². The van der Waals surface area contributed by atoms with Crippen LogP contribution in [0.5, 0.6) is 0 Å². The number of nitrogens with one attached hydrogen (secondary N) is 1. The maximum Gasteiger partial charge on any atom is 0.206 e. The maximum atomic E-state index is 12.9. The van der Waals surface area contributed by atoms with Crippen molar-refractivity contribution in [2.24, 2.45) is 0 Å². The predicted molar refractivity (Wildman–Crippen MR) is 103 cm³/mol. The minimum absolute atomic E-state index is 0. The highest BCUT2D eigenvalue weighted by Crippen LogP contribution is 2.44. The molecule has 1 fully saturated rings. The highest BCUT2D eigenvalue weighted by molar-refractivity contribution is 7.91. The standard InChI is InChI=1S/C19H22N2O2S.ClH/c1-21-18-8-7-15(24(22,23)14-5-3-2-4-6-14)13-17(18)16-9-11-20-12-10-19(16)21;/h2-8,13,16,19-20H,9-12H2,1H3;1H/t16-,19-;/m1./s1. The zero-order valence-electron chi connectivity index (χ0n) is 14.2. The highest BCUT2D eigenvalue weighted by atomic mass is 35.5. The molecule has 4 nitrogen and oxygen atoms in total. The molecular formula is C19H23ClN2O2S. The Morgan fingerprint density at radius 1 is 1.00 bits per heavy atom. The van der Waals surface area contributed by atoms with E-state index in [9.17, 15) is 8.42 Å². The number of nitrogens with zero attached hydrogens (tertiary/aromatic N) is 1. The van der Waals surface area contributed by atoms with Crippen LogP contribution in [0.25, 0.3) is 0 Å². The first-order valence-electron chi connectivity index (χ1n) is 8.46. The molecular weight excluding hydrogens is 356 g/mol. The van der Waals surface area contributed by atoms with E-state index in [0.29, 0.717) is 21.8 Å². The molecule has 6 heteroatoms. The lowest BCUT2D eigenvalue weighted by Gasteiger charge is -2.24. The Labute approximate surface area is 155 Å². The van der Waals surface area contributed by atoms with Crippen molar-refractivity contribution in [2.45, 2.75) is 34.6 Å². The Hall–Kier alpha value is -1.56. The molecule has 4 rings (SSSR count). The smallest absolute Gasteiger partial charge is 0.206 e. The Bertz CT molecular complexity index is 855. The van der Waals surface area contributed by atoms with Crippen LogP contribution in [0.2, 0.25) is 0 Å². The number of hydrogen-bond donors (Lipinski definition) is 1. The summed E-state index contributed by atoms with van der Waals surface area (Å²) in [4.78, 5) is 3.08. The molecule has 2 aromatic carbocycles. The zero-order chi connectivity index (χ0) is 16.7. The second kappa shape index (κ2) is 6.98. The largest absolute Gasteiger partial charge is 0.371 e. The van der Waals surface area contributed by atoms with Gasteiger partial charge in [-0.25, -0.2) is 8.42 Å². The fourth-order valence-corrected chi connectivity index (χ4v) is 5.40. The molecule has 0 spiro atoms. The van der Waals surface area contributed by atoms with Crippen LogP contribution < -0.4 is 10.2 Å². The number of halogens is 1. The molecule has 0 bridgehead atoms. The van der Waals surface area contributed by atoms with Crippen LogP contribution in [0.1, 0.15) is 24.3 Å². The van der Waals surface area contributed by atoms with Crippen LogP contribution in [0.4, 0.5) is 5.69 Å². The van der Waals surface area contributed by atoms with Gasteiger partial charge in [-0.3, -0.25) is 0 Å². The lowest BCUT2D eigenvalue weighted by molar-refractivity contribution is 0.531. The minimum Gasteiger partial charge on any atom is -0.371 e. The second-order valence-corrected chi connectivity index (χ2v) is 8.60.